The van der Waals surface area contributed by atoms with E-state index < -0.39 is 0 Å². The van der Waals surface area contributed by atoms with Crippen molar-refractivity contribution in [2.24, 2.45) is 0 Å². The van der Waals surface area contributed by atoms with Crippen molar-refractivity contribution in [2.45, 2.75) is 82.0 Å². The predicted molar refractivity (Wildman–Crippen MR) is 73.6 cm³/mol. The van der Waals surface area contributed by atoms with Gasteiger partial charge in [0.15, 0.2) is 0 Å². The van der Waals surface area contributed by atoms with Crippen molar-refractivity contribution < 1.29 is 5.11 Å². The predicted octanol–water partition coefficient (Wildman–Crippen LogP) is 1.90. The Morgan fingerprint density at radius 1 is 0.944 bits per heavy atom. The van der Waals surface area contributed by atoms with Gasteiger partial charge in [0.05, 0.1) is 6.10 Å². The van der Waals surface area contributed by atoms with Gasteiger partial charge in [-0.2, -0.15) is 0 Å². The van der Waals surface area contributed by atoms with Gasteiger partial charge in [-0.3, -0.25) is 4.90 Å². The topological polar surface area (TPSA) is 35.5 Å². The van der Waals surface area contributed by atoms with Crippen molar-refractivity contribution in [1.29, 1.82) is 0 Å². The van der Waals surface area contributed by atoms with Crippen LogP contribution >= 0.6 is 0 Å². The third-order valence-electron chi connectivity index (χ3n) is 4.98. The minimum Gasteiger partial charge on any atom is -0.391 e. The molecular weight excluding hydrogens is 224 g/mol. The van der Waals surface area contributed by atoms with Gasteiger partial charge < -0.3 is 10.4 Å². The first-order chi connectivity index (χ1) is 8.84. The van der Waals surface area contributed by atoms with Crippen molar-refractivity contribution in [2.75, 3.05) is 13.1 Å². The first kappa shape index (κ1) is 12.9. The van der Waals surface area contributed by atoms with Crippen LogP contribution in [0, 0.1) is 0 Å². The van der Waals surface area contributed by atoms with Crippen LogP contribution in [0.15, 0.2) is 0 Å². The summed E-state index contributed by atoms with van der Waals surface area (Å²) >= 11 is 0. The number of hydrogen-bond acceptors (Lipinski definition) is 3. The average Bonchev–Trinajstić information content (AvgIpc) is 3.23. The maximum Gasteiger partial charge on any atom is 0.0695 e. The van der Waals surface area contributed by atoms with E-state index in [1.165, 1.54) is 64.5 Å². The minimum atomic E-state index is -0.0667. The molecule has 3 aliphatic rings. The molecule has 3 heteroatoms. The molecule has 3 unspecified atom stereocenters. The van der Waals surface area contributed by atoms with Crippen molar-refractivity contribution in [1.82, 2.24) is 10.2 Å². The fraction of sp³-hybridized carbons (Fsp3) is 1.00. The van der Waals surface area contributed by atoms with Crippen LogP contribution in [0.25, 0.3) is 0 Å². The lowest BCUT2D eigenvalue weighted by atomic mass is 9.90. The zero-order valence-electron chi connectivity index (χ0n) is 11.5. The standard InChI is InChI=1S/C15H28N2O/c18-15-7-2-1-6-14(15)17(13-8-9-13)11-12-5-3-4-10-16-12/h12-16,18H,1-11H2. The summed E-state index contributed by atoms with van der Waals surface area (Å²) in [5.41, 5.74) is 0. The van der Waals surface area contributed by atoms with Crippen molar-refractivity contribution in [3.05, 3.63) is 0 Å². The molecule has 0 spiro atoms. The maximum absolute atomic E-state index is 10.3. The first-order valence-electron chi connectivity index (χ1n) is 8.02. The maximum atomic E-state index is 10.3. The fourth-order valence-corrected chi connectivity index (χ4v) is 3.77. The van der Waals surface area contributed by atoms with E-state index in [1.54, 1.807) is 0 Å². The third-order valence-corrected chi connectivity index (χ3v) is 4.98. The molecule has 3 rings (SSSR count). The number of aliphatic hydroxyl groups is 1. The van der Waals surface area contributed by atoms with Gasteiger partial charge in [0.1, 0.15) is 0 Å². The van der Waals surface area contributed by atoms with E-state index in [0.29, 0.717) is 12.1 Å². The monoisotopic (exact) mass is 252 g/mol. The number of rotatable bonds is 4. The van der Waals surface area contributed by atoms with Crippen molar-refractivity contribution >= 4 is 0 Å². The molecule has 2 saturated carbocycles. The summed E-state index contributed by atoms with van der Waals surface area (Å²) in [6.07, 6.45) is 11.5. The summed E-state index contributed by atoms with van der Waals surface area (Å²) < 4.78 is 0. The summed E-state index contributed by atoms with van der Waals surface area (Å²) in [6.45, 7) is 2.36. The molecular formula is C15H28N2O. The smallest absolute Gasteiger partial charge is 0.0695 e. The van der Waals surface area contributed by atoms with Gasteiger partial charge in [-0.05, 0) is 45.1 Å². The second-order valence-electron chi connectivity index (χ2n) is 6.49. The normalized spacial score (nSPS) is 38.0. The zero-order chi connectivity index (χ0) is 12.4. The Balaban J connectivity index is 1.59. The SMILES string of the molecule is OC1CCCCC1N(CC1CCCCN1)C1CC1. The van der Waals surface area contributed by atoms with Gasteiger partial charge in [0.2, 0.25) is 0 Å². The van der Waals surface area contributed by atoms with Crippen LogP contribution in [-0.4, -0.2) is 47.3 Å². The van der Waals surface area contributed by atoms with E-state index in [0.717, 1.165) is 12.5 Å². The molecule has 1 heterocycles. The molecule has 0 aromatic rings. The second-order valence-corrected chi connectivity index (χ2v) is 6.49. The molecule has 0 bridgehead atoms. The number of nitrogens with zero attached hydrogens (tertiary/aromatic N) is 1. The molecule has 0 aromatic heterocycles. The molecule has 0 radical (unpaired) electrons. The van der Waals surface area contributed by atoms with E-state index in [9.17, 15) is 5.11 Å². The van der Waals surface area contributed by atoms with Crippen molar-refractivity contribution in [3.8, 4) is 0 Å². The van der Waals surface area contributed by atoms with E-state index in [2.05, 4.69) is 10.2 Å². The average molecular weight is 252 g/mol. The fourth-order valence-electron chi connectivity index (χ4n) is 3.77. The molecule has 1 saturated heterocycles. The lowest BCUT2D eigenvalue weighted by Crippen LogP contribution is -2.52. The Morgan fingerprint density at radius 2 is 1.72 bits per heavy atom. The first-order valence-corrected chi connectivity index (χ1v) is 8.02. The number of piperidine rings is 1. The molecule has 3 nitrogen and oxygen atoms in total. The molecule has 18 heavy (non-hydrogen) atoms. The minimum absolute atomic E-state index is 0.0667. The van der Waals surface area contributed by atoms with Gasteiger partial charge in [-0.1, -0.05) is 19.3 Å². The van der Waals surface area contributed by atoms with Gasteiger partial charge in [-0.25, -0.2) is 0 Å². The molecule has 0 amide bonds. The summed E-state index contributed by atoms with van der Waals surface area (Å²) in [4.78, 5) is 2.66. The molecule has 3 atom stereocenters. The van der Waals surface area contributed by atoms with Crippen LogP contribution in [0.3, 0.4) is 0 Å². The Hall–Kier alpha value is -0.120. The highest BCUT2D eigenvalue weighted by molar-refractivity contribution is 4.95. The summed E-state index contributed by atoms with van der Waals surface area (Å²) in [5.74, 6) is 0. The highest BCUT2D eigenvalue weighted by atomic mass is 16.3. The van der Waals surface area contributed by atoms with Crippen LogP contribution in [0.2, 0.25) is 0 Å². The van der Waals surface area contributed by atoms with E-state index in [4.69, 9.17) is 0 Å². The Morgan fingerprint density at radius 3 is 2.39 bits per heavy atom. The number of hydrogen-bond donors (Lipinski definition) is 2. The Kier molecular flexibility index (Phi) is 4.22. The molecule has 3 fully saturated rings. The van der Waals surface area contributed by atoms with Crippen LogP contribution < -0.4 is 5.32 Å². The number of aliphatic hydroxyl groups excluding tert-OH is 1. The second kappa shape index (κ2) is 5.89. The summed E-state index contributed by atoms with van der Waals surface area (Å²) in [6, 6.07) is 1.91. The van der Waals surface area contributed by atoms with E-state index in [-0.39, 0.29) is 6.10 Å². The zero-order valence-corrected chi connectivity index (χ0v) is 11.5. The summed E-state index contributed by atoms with van der Waals surface area (Å²) in [5, 5.41) is 13.9. The quantitative estimate of drug-likeness (QED) is 0.802. The summed E-state index contributed by atoms with van der Waals surface area (Å²) in [7, 11) is 0. The van der Waals surface area contributed by atoms with Crippen molar-refractivity contribution in [3.63, 3.8) is 0 Å². The van der Waals surface area contributed by atoms with Crippen LogP contribution in [0.1, 0.15) is 57.8 Å². The Bertz CT molecular complexity index is 261. The van der Waals surface area contributed by atoms with Gasteiger partial charge in [0, 0.05) is 24.7 Å². The van der Waals surface area contributed by atoms with Gasteiger partial charge >= 0.3 is 0 Å². The van der Waals surface area contributed by atoms with Crippen LogP contribution in [0.5, 0.6) is 0 Å². The van der Waals surface area contributed by atoms with Gasteiger partial charge in [0.25, 0.3) is 0 Å². The lowest BCUT2D eigenvalue weighted by Gasteiger charge is -2.40. The van der Waals surface area contributed by atoms with Gasteiger partial charge in [-0.15, -0.1) is 0 Å². The lowest BCUT2D eigenvalue weighted by molar-refractivity contribution is 0.00965. The molecule has 104 valence electrons. The molecule has 1 aliphatic heterocycles. The van der Waals surface area contributed by atoms with E-state index >= 15 is 0 Å². The van der Waals surface area contributed by atoms with E-state index in [1.807, 2.05) is 0 Å². The molecule has 0 aromatic carbocycles. The van der Waals surface area contributed by atoms with Crippen LogP contribution in [0.4, 0.5) is 0 Å². The Labute approximate surface area is 111 Å². The van der Waals surface area contributed by atoms with Crippen LogP contribution in [-0.2, 0) is 0 Å². The molecule has 2 N–H and O–H groups in total. The largest absolute Gasteiger partial charge is 0.391 e. The number of nitrogens with one attached hydrogen (secondary N) is 1. The highest BCUT2D eigenvalue weighted by Crippen LogP contribution is 2.34. The third kappa shape index (κ3) is 3.06. The highest BCUT2D eigenvalue weighted by Gasteiger charge is 2.38. The molecule has 2 aliphatic carbocycles.